The minimum atomic E-state index is -0.211. The van der Waals surface area contributed by atoms with Crippen LogP contribution in [0.5, 0.6) is 5.75 Å². The highest BCUT2D eigenvalue weighted by Crippen LogP contribution is 2.17. The van der Waals surface area contributed by atoms with E-state index in [4.69, 9.17) is 4.74 Å². The molecule has 0 atom stereocenters. The molecule has 1 N–H and O–H groups in total. The number of anilines is 1. The van der Waals surface area contributed by atoms with Crippen molar-refractivity contribution in [3.63, 3.8) is 0 Å². The third-order valence-corrected chi connectivity index (χ3v) is 2.66. The van der Waals surface area contributed by atoms with Gasteiger partial charge in [0.15, 0.2) is 5.75 Å². The minimum absolute atomic E-state index is 0.211. The fourth-order valence-corrected chi connectivity index (χ4v) is 1.92. The van der Waals surface area contributed by atoms with E-state index >= 15 is 0 Å². The highest BCUT2D eigenvalue weighted by molar-refractivity contribution is 5.31. The molecule has 5 heteroatoms. The number of nitrogens with one attached hydrogen (secondary N) is 1. The molecule has 18 heavy (non-hydrogen) atoms. The van der Waals surface area contributed by atoms with Gasteiger partial charge in [-0.1, -0.05) is 0 Å². The van der Waals surface area contributed by atoms with Crippen LogP contribution in [0, 0.1) is 0 Å². The number of nitrogens with zero attached hydrogens (tertiary/aromatic N) is 3. The van der Waals surface area contributed by atoms with Crippen LogP contribution in [0.15, 0.2) is 12.4 Å². The largest absolute Gasteiger partial charge is 0.485 e. The second kappa shape index (κ2) is 5.52. The molecule has 1 aliphatic heterocycles. The van der Waals surface area contributed by atoms with E-state index < -0.39 is 0 Å². The topological polar surface area (TPSA) is 50.3 Å². The molecular formula is C13H22N4O. The number of aromatic nitrogens is 2. The summed E-state index contributed by atoms with van der Waals surface area (Å²) in [7, 11) is 0. The summed E-state index contributed by atoms with van der Waals surface area (Å²) in [4.78, 5) is 11.0. The standard InChI is InChI=1S/C13H22N4O/c1-13(2,3)18-11-9-15-12(16-10-11)17-7-4-5-14-6-8-17/h9-10,14H,4-8H2,1-3H3. The van der Waals surface area contributed by atoms with Crippen LogP contribution in [-0.4, -0.2) is 41.7 Å². The lowest BCUT2D eigenvalue weighted by atomic mass is 10.2. The molecule has 1 aromatic heterocycles. The molecule has 0 radical (unpaired) electrons. The second-order valence-corrected chi connectivity index (χ2v) is 5.52. The van der Waals surface area contributed by atoms with Gasteiger partial charge in [0, 0.05) is 19.6 Å². The summed E-state index contributed by atoms with van der Waals surface area (Å²) in [5, 5.41) is 3.37. The van der Waals surface area contributed by atoms with Crippen molar-refractivity contribution in [2.45, 2.75) is 32.8 Å². The van der Waals surface area contributed by atoms with Gasteiger partial charge in [0.05, 0.1) is 12.4 Å². The van der Waals surface area contributed by atoms with E-state index in [2.05, 4.69) is 20.2 Å². The first-order chi connectivity index (χ1) is 8.54. The van der Waals surface area contributed by atoms with Crippen molar-refractivity contribution in [3.05, 3.63) is 12.4 Å². The molecule has 1 fully saturated rings. The van der Waals surface area contributed by atoms with Gasteiger partial charge in [-0.05, 0) is 33.7 Å². The smallest absolute Gasteiger partial charge is 0.225 e. The number of hydrogen-bond donors (Lipinski definition) is 1. The summed E-state index contributed by atoms with van der Waals surface area (Å²) >= 11 is 0. The van der Waals surface area contributed by atoms with Gasteiger partial charge >= 0.3 is 0 Å². The lowest BCUT2D eigenvalue weighted by Crippen LogP contribution is -2.29. The molecule has 0 spiro atoms. The first-order valence-corrected chi connectivity index (χ1v) is 6.51. The molecule has 5 nitrogen and oxygen atoms in total. The maximum atomic E-state index is 5.71. The zero-order valence-electron chi connectivity index (χ0n) is 11.4. The number of hydrogen-bond acceptors (Lipinski definition) is 5. The van der Waals surface area contributed by atoms with Crippen LogP contribution in [0.3, 0.4) is 0 Å². The predicted molar refractivity (Wildman–Crippen MR) is 72.1 cm³/mol. The van der Waals surface area contributed by atoms with E-state index in [9.17, 15) is 0 Å². The maximum Gasteiger partial charge on any atom is 0.225 e. The van der Waals surface area contributed by atoms with Crippen LogP contribution in [-0.2, 0) is 0 Å². The quantitative estimate of drug-likeness (QED) is 0.861. The van der Waals surface area contributed by atoms with Gasteiger partial charge < -0.3 is 15.0 Å². The van der Waals surface area contributed by atoms with Gasteiger partial charge in [-0.2, -0.15) is 0 Å². The first kappa shape index (κ1) is 13.1. The fraction of sp³-hybridized carbons (Fsp3) is 0.692. The third kappa shape index (κ3) is 3.84. The first-order valence-electron chi connectivity index (χ1n) is 6.51. The Morgan fingerprint density at radius 2 is 1.89 bits per heavy atom. The molecule has 1 aliphatic rings. The van der Waals surface area contributed by atoms with Gasteiger partial charge in [-0.3, -0.25) is 0 Å². The maximum absolute atomic E-state index is 5.71. The molecular weight excluding hydrogens is 228 g/mol. The van der Waals surface area contributed by atoms with Gasteiger partial charge in [-0.25, -0.2) is 9.97 Å². The highest BCUT2D eigenvalue weighted by Gasteiger charge is 2.14. The van der Waals surface area contributed by atoms with Crippen molar-refractivity contribution in [3.8, 4) is 5.75 Å². The Balaban J connectivity index is 2.02. The van der Waals surface area contributed by atoms with E-state index in [0.717, 1.165) is 44.3 Å². The number of ether oxygens (including phenoxy) is 1. The van der Waals surface area contributed by atoms with Crippen LogP contribution >= 0.6 is 0 Å². The van der Waals surface area contributed by atoms with Crippen molar-refractivity contribution in [1.29, 1.82) is 0 Å². The molecule has 0 saturated carbocycles. The van der Waals surface area contributed by atoms with Crippen LogP contribution in [0.1, 0.15) is 27.2 Å². The summed E-state index contributed by atoms with van der Waals surface area (Å²) in [6.07, 6.45) is 4.64. The van der Waals surface area contributed by atoms with Crippen molar-refractivity contribution in [1.82, 2.24) is 15.3 Å². The molecule has 0 unspecified atom stereocenters. The van der Waals surface area contributed by atoms with E-state index in [1.54, 1.807) is 12.4 Å². The Kier molecular flexibility index (Phi) is 4.01. The lowest BCUT2D eigenvalue weighted by molar-refractivity contribution is 0.129. The Hall–Kier alpha value is -1.36. The average Bonchev–Trinajstić information content (AvgIpc) is 2.56. The molecule has 0 aliphatic carbocycles. The molecule has 0 amide bonds. The summed E-state index contributed by atoms with van der Waals surface area (Å²) in [6, 6.07) is 0. The van der Waals surface area contributed by atoms with Crippen LogP contribution < -0.4 is 15.0 Å². The van der Waals surface area contributed by atoms with Crippen LogP contribution in [0.25, 0.3) is 0 Å². The number of rotatable bonds is 2. The zero-order chi connectivity index (χ0) is 13.0. The van der Waals surface area contributed by atoms with Crippen molar-refractivity contribution >= 4 is 5.95 Å². The zero-order valence-corrected chi connectivity index (χ0v) is 11.4. The van der Waals surface area contributed by atoms with Gasteiger partial charge in [-0.15, -0.1) is 0 Å². The monoisotopic (exact) mass is 250 g/mol. The molecule has 1 aromatic rings. The van der Waals surface area contributed by atoms with Crippen LogP contribution in [0.2, 0.25) is 0 Å². The molecule has 100 valence electrons. The van der Waals surface area contributed by atoms with Crippen molar-refractivity contribution in [2.75, 3.05) is 31.1 Å². The summed E-state index contributed by atoms with van der Waals surface area (Å²) in [5.41, 5.74) is -0.211. The summed E-state index contributed by atoms with van der Waals surface area (Å²) in [6.45, 7) is 10.1. The molecule has 2 rings (SSSR count). The minimum Gasteiger partial charge on any atom is -0.485 e. The normalized spacial score (nSPS) is 17.4. The lowest BCUT2D eigenvalue weighted by Gasteiger charge is -2.22. The Morgan fingerprint density at radius 1 is 1.17 bits per heavy atom. The Bertz CT molecular complexity index is 364. The predicted octanol–water partition coefficient (Wildman–Crippen LogP) is 1.45. The second-order valence-electron chi connectivity index (χ2n) is 5.52. The molecule has 1 saturated heterocycles. The van der Waals surface area contributed by atoms with E-state index in [0.29, 0.717) is 0 Å². The van der Waals surface area contributed by atoms with Gasteiger partial charge in [0.2, 0.25) is 5.95 Å². The van der Waals surface area contributed by atoms with Crippen molar-refractivity contribution < 1.29 is 4.74 Å². The van der Waals surface area contributed by atoms with E-state index in [1.165, 1.54) is 0 Å². The molecule has 2 heterocycles. The molecule has 0 bridgehead atoms. The average molecular weight is 250 g/mol. The SMILES string of the molecule is CC(C)(C)Oc1cnc(N2CCCNCC2)nc1. The van der Waals surface area contributed by atoms with E-state index in [1.807, 2.05) is 20.8 Å². The third-order valence-electron chi connectivity index (χ3n) is 2.66. The Labute approximate surface area is 109 Å². The van der Waals surface area contributed by atoms with Crippen LogP contribution in [0.4, 0.5) is 5.95 Å². The summed E-state index contributed by atoms with van der Waals surface area (Å²) in [5.74, 6) is 1.51. The fourth-order valence-electron chi connectivity index (χ4n) is 1.92. The van der Waals surface area contributed by atoms with Gasteiger partial charge in [0.1, 0.15) is 5.60 Å². The highest BCUT2D eigenvalue weighted by atomic mass is 16.5. The van der Waals surface area contributed by atoms with E-state index in [-0.39, 0.29) is 5.60 Å². The van der Waals surface area contributed by atoms with Crippen molar-refractivity contribution in [2.24, 2.45) is 0 Å². The Morgan fingerprint density at radius 3 is 2.56 bits per heavy atom. The van der Waals surface area contributed by atoms with Gasteiger partial charge in [0.25, 0.3) is 0 Å². The molecule has 0 aromatic carbocycles. The summed E-state index contributed by atoms with van der Waals surface area (Å²) < 4.78 is 5.71.